The maximum atomic E-state index is 12.8. The molecule has 6 heteroatoms. The highest BCUT2D eigenvalue weighted by molar-refractivity contribution is 7.89. The molecule has 0 aliphatic carbocycles. The van der Waals surface area contributed by atoms with Gasteiger partial charge in [0.2, 0.25) is 10.0 Å². The second kappa shape index (κ2) is 5.46. The van der Waals surface area contributed by atoms with Crippen molar-refractivity contribution in [3.63, 3.8) is 0 Å². The van der Waals surface area contributed by atoms with E-state index in [0.29, 0.717) is 5.69 Å². The number of piperidine rings is 1. The molecule has 0 spiro atoms. The topological polar surface area (TPSA) is 62.3 Å². The number of rotatable bonds is 3. The van der Waals surface area contributed by atoms with Crippen LogP contribution >= 0.6 is 0 Å². The van der Waals surface area contributed by atoms with E-state index >= 15 is 0 Å². The smallest absolute Gasteiger partial charge is 0.247 e. The first-order valence-corrected chi connectivity index (χ1v) is 8.07. The van der Waals surface area contributed by atoms with Crippen LogP contribution in [-0.2, 0) is 10.0 Å². The summed E-state index contributed by atoms with van der Waals surface area (Å²) in [6.45, 7) is 3.95. The van der Waals surface area contributed by atoms with E-state index in [1.54, 1.807) is 23.6 Å². The minimum absolute atomic E-state index is 0.0404. The number of anilines is 1. The average Bonchev–Trinajstić information content (AvgIpc) is 2.38. The lowest BCUT2D eigenvalue weighted by Crippen LogP contribution is -2.47. The maximum Gasteiger partial charge on any atom is 0.247 e. The molecule has 2 rings (SSSR count). The normalized spacial score (nSPS) is 25.2. The Hall–Kier alpha value is -1.14. The van der Waals surface area contributed by atoms with Gasteiger partial charge < -0.3 is 5.32 Å². The molecule has 0 bridgehead atoms. The van der Waals surface area contributed by atoms with Crippen LogP contribution in [0.1, 0.15) is 33.1 Å². The number of nitrogens with zero attached hydrogens (tertiary/aromatic N) is 2. The van der Waals surface area contributed by atoms with Crippen LogP contribution in [0.2, 0.25) is 0 Å². The molecular formula is C13H21N3O2S. The average molecular weight is 283 g/mol. The molecule has 19 heavy (non-hydrogen) atoms. The largest absolute Gasteiger partial charge is 0.387 e. The summed E-state index contributed by atoms with van der Waals surface area (Å²) in [5.74, 6) is 0. The van der Waals surface area contributed by atoms with Gasteiger partial charge in [-0.3, -0.25) is 4.98 Å². The van der Waals surface area contributed by atoms with E-state index < -0.39 is 10.0 Å². The lowest BCUT2D eigenvalue weighted by Gasteiger charge is -2.37. The highest BCUT2D eigenvalue weighted by Crippen LogP contribution is 2.31. The Morgan fingerprint density at radius 3 is 2.53 bits per heavy atom. The third-order valence-electron chi connectivity index (χ3n) is 3.72. The van der Waals surface area contributed by atoms with E-state index in [2.05, 4.69) is 10.3 Å². The summed E-state index contributed by atoms with van der Waals surface area (Å²) in [6.07, 6.45) is 5.93. The van der Waals surface area contributed by atoms with E-state index in [4.69, 9.17) is 0 Å². The van der Waals surface area contributed by atoms with E-state index in [-0.39, 0.29) is 17.0 Å². The zero-order valence-electron chi connectivity index (χ0n) is 11.6. The fraction of sp³-hybridized carbons (Fsp3) is 0.615. The van der Waals surface area contributed by atoms with Gasteiger partial charge in [0.15, 0.2) is 0 Å². The number of nitrogens with one attached hydrogen (secondary N) is 1. The second-order valence-corrected chi connectivity index (χ2v) is 6.90. The molecule has 0 saturated carbocycles. The minimum Gasteiger partial charge on any atom is -0.387 e. The maximum absolute atomic E-state index is 12.8. The van der Waals surface area contributed by atoms with Crippen molar-refractivity contribution in [2.24, 2.45) is 0 Å². The zero-order chi connectivity index (χ0) is 14.0. The van der Waals surface area contributed by atoms with Crippen LogP contribution in [0, 0.1) is 0 Å². The summed E-state index contributed by atoms with van der Waals surface area (Å²) in [6, 6.07) is 1.77. The van der Waals surface area contributed by atoms with E-state index in [9.17, 15) is 8.42 Å². The van der Waals surface area contributed by atoms with Gasteiger partial charge in [0.25, 0.3) is 0 Å². The van der Waals surface area contributed by atoms with Crippen molar-refractivity contribution in [3.8, 4) is 0 Å². The Labute approximate surface area is 115 Å². The molecule has 0 unspecified atom stereocenters. The van der Waals surface area contributed by atoms with Gasteiger partial charge in [-0.1, -0.05) is 6.42 Å². The third-order valence-corrected chi connectivity index (χ3v) is 5.88. The summed E-state index contributed by atoms with van der Waals surface area (Å²) >= 11 is 0. The Morgan fingerprint density at radius 1 is 1.32 bits per heavy atom. The van der Waals surface area contributed by atoms with Gasteiger partial charge in [-0.2, -0.15) is 4.31 Å². The SMILES string of the molecule is CNc1ccncc1S(=O)(=O)N1[C@H](C)CCC[C@@H]1C. The van der Waals surface area contributed by atoms with Crippen molar-refractivity contribution < 1.29 is 8.42 Å². The highest BCUT2D eigenvalue weighted by atomic mass is 32.2. The summed E-state index contributed by atoms with van der Waals surface area (Å²) in [5.41, 5.74) is 0.597. The van der Waals surface area contributed by atoms with Gasteiger partial charge in [0.1, 0.15) is 4.90 Å². The summed E-state index contributed by atoms with van der Waals surface area (Å²) in [5, 5.41) is 2.92. The van der Waals surface area contributed by atoms with Crippen molar-refractivity contribution >= 4 is 15.7 Å². The molecule has 2 heterocycles. The van der Waals surface area contributed by atoms with Crippen LogP contribution in [0.4, 0.5) is 5.69 Å². The van der Waals surface area contributed by atoms with Gasteiger partial charge in [-0.15, -0.1) is 0 Å². The Kier molecular flexibility index (Phi) is 4.10. The number of sulfonamides is 1. The Morgan fingerprint density at radius 2 is 1.95 bits per heavy atom. The summed E-state index contributed by atoms with van der Waals surface area (Å²) < 4.78 is 27.3. The van der Waals surface area contributed by atoms with Gasteiger partial charge in [0, 0.05) is 31.5 Å². The highest BCUT2D eigenvalue weighted by Gasteiger charge is 2.36. The van der Waals surface area contributed by atoms with E-state index in [0.717, 1.165) is 19.3 Å². The zero-order valence-corrected chi connectivity index (χ0v) is 12.4. The number of hydrogen-bond donors (Lipinski definition) is 1. The predicted octanol–water partition coefficient (Wildman–Crippen LogP) is 2.07. The molecule has 1 aliphatic heterocycles. The first kappa shape index (κ1) is 14.3. The number of hydrogen-bond acceptors (Lipinski definition) is 4. The fourth-order valence-corrected chi connectivity index (χ4v) is 4.80. The molecule has 0 radical (unpaired) electrons. The number of pyridine rings is 1. The van der Waals surface area contributed by atoms with Gasteiger partial charge in [-0.05, 0) is 32.8 Å². The first-order valence-electron chi connectivity index (χ1n) is 6.63. The van der Waals surface area contributed by atoms with Crippen LogP contribution in [0.25, 0.3) is 0 Å². The Bertz CT molecular complexity index is 535. The van der Waals surface area contributed by atoms with Crippen molar-refractivity contribution in [2.45, 2.75) is 50.1 Å². The third kappa shape index (κ3) is 2.60. The molecule has 1 N–H and O–H groups in total. The predicted molar refractivity (Wildman–Crippen MR) is 75.6 cm³/mol. The Balaban J connectivity index is 2.46. The lowest BCUT2D eigenvalue weighted by atomic mass is 10.0. The monoisotopic (exact) mass is 283 g/mol. The summed E-state index contributed by atoms with van der Waals surface area (Å²) in [7, 11) is -1.78. The molecule has 0 amide bonds. The molecule has 5 nitrogen and oxygen atoms in total. The quantitative estimate of drug-likeness (QED) is 0.922. The lowest BCUT2D eigenvalue weighted by molar-refractivity contribution is 0.204. The van der Waals surface area contributed by atoms with Crippen molar-refractivity contribution in [2.75, 3.05) is 12.4 Å². The molecular weight excluding hydrogens is 262 g/mol. The van der Waals surface area contributed by atoms with Crippen molar-refractivity contribution in [3.05, 3.63) is 18.5 Å². The second-order valence-electron chi connectivity index (χ2n) is 5.09. The van der Waals surface area contributed by atoms with Crippen molar-refractivity contribution in [1.82, 2.24) is 9.29 Å². The van der Waals surface area contributed by atoms with Crippen molar-refractivity contribution in [1.29, 1.82) is 0 Å². The van der Waals surface area contributed by atoms with Gasteiger partial charge in [0.05, 0.1) is 5.69 Å². The molecule has 2 atom stereocenters. The summed E-state index contributed by atoms with van der Waals surface area (Å²) in [4.78, 5) is 4.22. The van der Waals surface area contributed by atoms with Crippen LogP contribution in [-0.4, -0.2) is 36.8 Å². The molecule has 1 fully saturated rings. The van der Waals surface area contributed by atoms with Gasteiger partial charge >= 0.3 is 0 Å². The standard InChI is InChI=1S/C13H21N3O2S/c1-10-5-4-6-11(2)16(10)19(17,18)13-9-15-8-7-12(13)14-3/h7-11H,4-6H2,1-3H3,(H,14,15)/t10-,11+. The van der Waals surface area contributed by atoms with E-state index in [1.807, 2.05) is 13.8 Å². The molecule has 1 saturated heterocycles. The molecule has 1 aliphatic rings. The van der Waals surface area contributed by atoms with Crippen LogP contribution in [0.15, 0.2) is 23.4 Å². The first-order chi connectivity index (χ1) is 8.98. The van der Waals surface area contributed by atoms with E-state index in [1.165, 1.54) is 6.20 Å². The molecule has 1 aromatic rings. The van der Waals surface area contributed by atoms with Crippen LogP contribution in [0.3, 0.4) is 0 Å². The van der Waals surface area contributed by atoms with Gasteiger partial charge in [-0.25, -0.2) is 8.42 Å². The fourth-order valence-electron chi connectivity index (χ4n) is 2.78. The number of aromatic nitrogens is 1. The van der Waals surface area contributed by atoms with Crippen LogP contribution < -0.4 is 5.32 Å². The molecule has 106 valence electrons. The van der Waals surface area contributed by atoms with Crippen LogP contribution in [0.5, 0.6) is 0 Å². The molecule has 1 aromatic heterocycles. The molecule has 0 aromatic carbocycles. The minimum atomic E-state index is -3.49.